The molecular formula is C57H30F5N5O. The largest absolute Gasteiger partial charge is 0.455 e. The molecule has 4 heterocycles. The second kappa shape index (κ2) is 15.0. The van der Waals surface area contributed by atoms with Crippen LogP contribution in [0.4, 0.5) is 22.0 Å². The lowest BCUT2D eigenvalue weighted by Gasteiger charge is -2.15. The van der Waals surface area contributed by atoms with E-state index in [1.165, 1.54) is 6.07 Å². The second-order valence-electron chi connectivity index (χ2n) is 16.6. The van der Waals surface area contributed by atoms with Crippen LogP contribution in [-0.4, -0.2) is 24.1 Å². The van der Waals surface area contributed by atoms with Crippen molar-refractivity contribution in [3.05, 3.63) is 211 Å². The summed E-state index contributed by atoms with van der Waals surface area (Å²) in [5, 5.41) is 4.40. The first-order chi connectivity index (χ1) is 33.3. The average Bonchev–Trinajstić information content (AvgIpc) is 4.06. The van der Waals surface area contributed by atoms with Crippen LogP contribution < -0.4 is 0 Å². The molecule has 0 saturated heterocycles. The van der Waals surface area contributed by atoms with E-state index in [1.807, 2.05) is 143 Å². The monoisotopic (exact) mass is 895 g/mol. The van der Waals surface area contributed by atoms with Crippen molar-refractivity contribution in [1.82, 2.24) is 24.1 Å². The maximum absolute atomic E-state index is 16.0. The molecule has 9 aromatic carbocycles. The molecular weight excluding hydrogens is 866 g/mol. The fraction of sp³-hybridized carbons (Fsp3) is 0. The third-order valence-electron chi connectivity index (χ3n) is 12.8. The van der Waals surface area contributed by atoms with Gasteiger partial charge in [0.15, 0.2) is 34.9 Å². The lowest BCUT2D eigenvalue weighted by molar-refractivity contribution is 0.381. The summed E-state index contributed by atoms with van der Waals surface area (Å²) in [5.74, 6) is -9.10. The highest BCUT2D eigenvalue weighted by molar-refractivity contribution is 6.24. The van der Waals surface area contributed by atoms with Gasteiger partial charge in [0.1, 0.15) is 11.2 Å². The molecule has 4 aromatic heterocycles. The van der Waals surface area contributed by atoms with Gasteiger partial charge >= 0.3 is 0 Å². The summed E-state index contributed by atoms with van der Waals surface area (Å²) in [6.07, 6.45) is 0. The van der Waals surface area contributed by atoms with Crippen LogP contribution in [0.15, 0.2) is 186 Å². The molecule has 13 rings (SSSR count). The van der Waals surface area contributed by atoms with E-state index in [4.69, 9.17) is 19.4 Å². The van der Waals surface area contributed by atoms with Crippen LogP contribution in [0.2, 0.25) is 0 Å². The van der Waals surface area contributed by atoms with E-state index in [-0.39, 0.29) is 11.1 Å². The SMILES string of the molecule is Fc1c(F)c(F)c(-c2cc(-n3c4ccccc4c4ccc5c6ccccc6n(-c6nc(-c7ccccc7)nc(-c7ccc(-c8ccccc8)cc7)n6)c5c43)cc3c2oc2ccccc23)c(F)c1F. The molecule has 0 amide bonds. The first-order valence-corrected chi connectivity index (χ1v) is 21.7. The van der Waals surface area contributed by atoms with Gasteiger partial charge in [-0.25, -0.2) is 26.9 Å². The Labute approximate surface area is 382 Å². The summed E-state index contributed by atoms with van der Waals surface area (Å²) in [4.78, 5) is 15.5. The second-order valence-corrected chi connectivity index (χ2v) is 16.6. The standard InChI is InChI=1S/C57H30F5N5O/c58-47-46(48(59)50(61)51(62)49(47)60)42-30-35(29-41-38-19-9-12-22-45(38)68-54(41)42)66-43-20-10-7-17-36(43)39-27-28-40-37-18-8-11-21-44(37)67(53(40)52(39)66)57-64-55(33-15-5-2-6-16-33)63-56(65-57)34-25-23-32(24-26-34)31-13-3-1-4-14-31/h1-30H. The quantitative estimate of drug-likeness (QED) is 0.0948. The maximum Gasteiger partial charge on any atom is 0.238 e. The molecule has 0 spiro atoms. The molecule has 68 heavy (non-hydrogen) atoms. The van der Waals surface area contributed by atoms with Crippen molar-refractivity contribution in [2.45, 2.75) is 0 Å². The lowest BCUT2D eigenvalue weighted by atomic mass is 9.99. The highest BCUT2D eigenvalue weighted by Crippen LogP contribution is 2.45. The molecule has 0 N–H and O–H groups in total. The van der Waals surface area contributed by atoms with E-state index >= 15 is 17.6 Å². The molecule has 0 fully saturated rings. The molecule has 0 bridgehead atoms. The molecule has 0 aliphatic heterocycles. The summed E-state index contributed by atoms with van der Waals surface area (Å²) >= 11 is 0. The normalized spacial score (nSPS) is 11.9. The van der Waals surface area contributed by atoms with Crippen LogP contribution >= 0.6 is 0 Å². The van der Waals surface area contributed by atoms with E-state index in [9.17, 15) is 4.39 Å². The lowest BCUT2D eigenvalue weighted by Crippen LogP contribution is -2.07. The van der Waals surface area contributed by atoms with E-state index in [0.717, 1.165) is 49.3 Å². The molecule has 324 valence electrons. The van der Waals surface area contributed by atoms with Gasteiger partial charge in [-0.05, 0) is 41.5 Å². The number of aromatic nitrogens is 5. The van der Waals surface area contributed by atoms with Crippen molar-refractivity contribution >= 4 is 65.6 Å². The molecule has 6 nitrogen and oxygen atoms in total. The number of para-hydroxylation sites is 3. The zero-order valence-corrected chi connectivity index (χ0v) is 35.4. The van der Waals surface area contributed by atoms with Gasteiger partial charge in [0.25, 0.3) is 0 Å². The predicted octanol–water partition coefficient (Wildman–Crippen LogP) is 15.3. The smallest absolute Gasteiger partial charge is 0.238 e. The van der Waals surface area contributed by atoms with Gasteiger partial charge in [-0.15, -0.1) is 0 Å². The highest BCUT2D eigenvalue weighted by atomic mass is 19.2. The average molecular weight is 896 g/mol. The van der Waals surface area contributed by atoms with Gasteiger partial charge in [0.05, 0.1) is 27.6 Å². The Morgan fingerprint density at radius 2 is 0.838 bits per heavy atom. The van der Waals surface area contributed by atoms with Crippen LogP contribution in [0.3, 0.4) is 0 Å². The first kappa shape index (κ1) is 39.4. The van der Waals surface area contributed by atoms with Gasteiger partial charge < -0.3 is 8.98 Å². The van der Waals surface area contributed by atoms with Crippen molar-refractivity contribution in [1.29, 1.82) is 0 Å². The van der Waals surface area contributed by atoms with Gasteiger partial charge in [-0.1, -0.05) is 152 Å². The third kappa shape index (κ3) is 5.85. The first-order valence-electron chi connectivity index (χ1n) is 21.7. The molecule has 13 aromatic rings. The minimum atomic E-state index is -2.25. The van der Waals surface area contributed by atoms with E-state index < -0.39 is 34.6 Å². The zero-order chi connectivity index (χ0) is 45.8. The van der Waals surface area contributed by atoms with E-state index in [2.05, 4.69) is 18.2 Å². The number of fused-ring (bicyclic) bond motifs is 10. The summed E-state index contributed by atoms with van der Waals surface area (Å²) in [7, 11) is 0. The maximum atomic E-state index is 16.0. The molecule has 0 unspecified atom stereocenters. The number of nitrogens with zero attached hydrogens (tertiary/aromatic N) is 5. The Bertz CT molecular complexity index is 4170. The summed E-state index contributed by atoms with van der Waals surface area (Å²) in [5.41, 5.74) is 5.82. The Kier molecular flexibility index (Phi) is 8.72. The number of halogens is 5. The molecule has 0 radical (unpaired) electrons. The van der Waals surface area contributed by atoms with Crippen molar-refractivity contribution in [3.8, 4) is 56.7 Å². The Hall–Kier alpha value is -8.96. The fourth-order valence-electron chi connectivity index (χ4n) is 9.70. The number of hydrogen-bond acceptors (Lipinski definition) is 4. The Morgan fingerprint density at radius 3 is 1.47 bits per heavy atom. The van der Waals surface area contributed by atoms with Crippen LogP contribution in [0, 0.1) is 29.1 Å². The minimum Gasteiger partial charge on any atom is -0.455 e. The Morgan fingerprint density at radius 1 is 0.368 bits per heavy atom. The summed E-state index contributed by atoms with van der Waals surface area (Å²) in [6, 6.07) is 57.8. The van der Waals surface area contributed by atoms with Gasteiger partial charge in [-0.3, -0.25) is 4.57 Å². The van der Waals surface area contributed by atoms with Crippen LogP contribution in [0.25, 0.3) is 122 Å². The number of furan rings is 1. The van der Waals surface area contributed by atoms with Crippen LogP contribution in [0.1, 0.15) is 0 Å². The van der Waals surface area contributed by atoms with Gasteiger partial charge in [0, 0.05) is 54.7 Å². The Balaban J connectivity index is 1.15. The van der Waals surface area contributed by atoms with Crippen molar-refractivity contribution < 1.29 is 26.4 Å². The van der Waals surface area contributed by atoms with Crippen molar-refractivity contribution in [2.24, 2.45) is 0 Å². The zero-order valence-electron chi connectivity index (χ0n) is 35.4. The molecule has 11 heteroatoms. The van der Waals surface area contributed by atoms with Crippen molar-refractivity contribution in [3.63, 3.8) is 0 Å². The van der Waals surface area contributed by atoms with E-state index in [0.29, 0.717) is 56.2 Å². The molecule has 0 aliphatic rings. The summed E-state index contributed by atoms with van der Waals surface area (Å²) < 4.78 is 87.1. The number of benzene rings is 9. The highest BCUT2D eigenvalue weighted by Gasteiger charge is 2.31. The van der Waals surface area contributed by atoms with Crippen LogP contribution in [0.5, 0.6) is 0 Å². The topological polar surface area (TPSA) is 61.7 Å². The predicted molar refractivity (Wildman–Crippen MR) is 257 cm³/mol. The van der Waals surface area contributed by atoms with Gasteiger partial charge in [0.2, 0.25) is 11.8 Å². The molecule has 0 saturated carbocycles. The molecule has 0 atom stereocenters. The minimum absolute atomic E-state index is 0.0406. The third-order valence-corrected chi connectivity index (χ3v) is 12.8. The van der Waals surface area contributed by atoms with E-state index in [1.54, 1.807) is 24.3 Å². The van der Waals surface area contributed by atoms with Gasteiger partial charge in [-0.2, -0.15) is 9.97 Å². The van der Waals surface area contributed by atoms with Crippen LogP contribution in [-0.2, 0) is 0 Å². The van der Waals surface area contributed by atoms with Crippen molar-refractivity contribution in [2.75, 3.05) is 0 Å². The molecule has 0 aliphatic carbocycles. The summed E-state index contributed by atoms with van der Waals surface area (Å²) in [6.45, 7) is 0. The fourth-order valence-corrected chi connectivity index (χ4v) is 9.70. The number of rotatable bonds is 6. The number of hydrogen-bond donors (Lipinski definition) is 0.